The van der Waals surface area contributed by atoms with Crippen LogP contribution < -0.4 is 5.32 Å². The number of aliphatic carboxylic acids is 1. The highest BCUT2D eigenvalue weighted by atomic mass is 16.5. The summed E-state index contributed by atoms with van der Waals surface area (Å²) in [4.78, 5) is 22.4. The fourth-order valence-corrected chi connectivity index (χ4v) is 2.35. The van der Waals surface area contributed by atoms with Crippen LogP contribution >= 0.6 is 0 Å². The molecule has 0 aromatic carbocycles. The topological polar surface area (TPSA) is 84.9 Å². The molecule has 0 aromatic heterocycles. The maximum absolute atomic E-state index is 11.7. The van der Waals surface area contributed by atoms with Crippen molar-refractivity contribution in [2.45, 2.75) is 50.4 Å². The molecule has 0 aromatic rings. The number of carboxylic acid groups (broad SMARTS) is 1. The molecule has 2 aliphatic rings. The highest BCUT2D eigenvalue weighted by Crippen LogP contribution is 2.20. The average molecular weight is 257 g/mol. The summed E-state index contributed by atoms with van der Waals surface area (Å²) in [7, 11) is 0. The summed E-state index contributed by atoms with van der Waals surface area (Å²) in [6.07, 6.45) is 2.63. The van der Waals surface area contributed by atoms with E-state index >= 15 is 0 Å². The van der Waals surface area contributed by atoms with Gasteiger partial charge in [0.25, 0.3) is 0 Å². The SMILES string of the molecule is O=C(NCCC1CCCO1)[C@@H]1CC[C@H](C(=O)O)O1. The van der Waals surface area contributed by atoms with E-state index in [0.29, 0.717) is 19.4 Å². The minimum atomic E-state index is -0.996. The van der Waals surface area contributed by atoms with Crippen LogP contribution in [-0.2, 0) is 19.1 Å². The lowest BCUT2D eigenvalue weighted by atomic mass is 10.1. The molecule has 2 aliphatic heterocycles. The molecule has 0 aliphatic carbocycles. The summed E-state index contributed by atoms with van der Waals surface area (Å²) < 4.78 is 10.6. The molecule has 18 heavy (non-hydrogen) atoms. The number of amides is 1. The lowest BCUT2D eigenvalue weighted by Gasteiger charge is -2.13. The molecule has 6 nitrogen and oxygen atoms in total. The second kappa shape index (κ2) is 6.15. The first-order chi connectivity index (χ1) is 8.66. The van der Waals surface area contributed by atoms with Gasteiger partial charge in [-0.2, -0.15) is 0 Å². The monoisotopic (exact) mass is 257 g/mol. The number of hydrogen-bond acceptors (Lipinski definition) is 4. The van der Waals surface area contributed by atoms with Crippen LogP contribution in [0.5, 0.6) is 0 Å². The Morgan fingerprint density at radius 2 is 2.00 bits per heavy atom. The Morgan fingerprint density at radius 3 is 2.61 bits per heavy atom. The van der Waals surface area contributed by atoms with E-state index in [-0.39, 0.29) is 12.0 Å². The van der Waals surface area contributed by atoms with Crippen molar-refractivity contribution in [3.05, 3.63) is 0 Å². The van der Waals surface area contributed by atoms with Gasteiger partial charge in [0.1, 0.15) is 6.10 Å². The van der Waals surface area contributed by atoms with Crippen LogP contribution in [-0.4, -0.2) is 48.4 Å². The van der Waals surface area contributed by atoms with Gasteiger partial charge >= 0.3 is 5.97 Å². The minimum Gasteiger partial charge on any atom is -0.479 e. The number of nitrogens with one attached hydrogen (secondary N) is 1. The van der Waals surface area contributed by atoms with E-state index in [1.807, 2.05) is 0 Å². The van der Waals surface area contributed by atoms with Gasteiger partial charge in [0.15, 0.2) is 6.10 Å². The summed E-state index contributed by atoms with van der Waals surface area (Å²) in [6.45, 7) is 1.37. The first-order valence-electron chi connectivity index (χ1n) is 6.44. The van der Waals surface area contributed by atoms with Gasteiger partial charge < -0.3 is 19.9 Å². The predicted octanol–water partition coefficient (Wildman–Crippen LogP) is 0.304. The Kier molecular flexibility index (Phi) is 4.54. The van der Waals surface area contributed by atoms with Crippen molar-refractivity contribution in [3.63, 3.8) is 0 Å². The molecule has 2 rings (SSSR count). The smallest absolute Gasteiger partial charge is 0.332 e. The van der Waals surface area contributed by atoms with Crippen molar-refractivity contribution in [2.24, 2.45) is 0 Å². The molecule has 1 unspecified atom stereocenters. The highest BCUT2D eigenvalue weighted by molar-refractivity contribution is 5.82. The van der Waals surface area contributed by atoms with E-state index in [4.69, 9.17) is 14.6 Å². The maximum atomic E-state index is 11.7. The number of carboxylic acids is 1. The van der Waals surface area contributed by atoms with Crippen molar-refractivity contribution >= 4 is 11.9 Å². The Morgan fingerprint density at radius 1 is 1.22 bits per heavy atom. The summed E-state index contributed by atoms with van der Waals surface area (Å²) in [5.41, 5.74) is 0. The van der Waals surface area contributed by atoms with Crippen LogP contribution in [0.1, 0.15) is 32.1 Å². The van der Waals surface area contributed by atoms with Gasteiger partial charge in [0.05, 0.1) is 6.10 Å². The molecule has 0 saturated carbocycles. The number of carbonyl (C=O) groups excluding carboxylic acids is 1. The summed E-state index contributed by atoms with van der Waals surface area (Å²) >= 11 is 0. The molecule has 0 bridgehead atoms. The number of rotatable bonds is 5. The Labute approximate surface area is 106 Å². The Balaban J connectivity index is 1.64. The second-order valence-corrected chi connectivity index (χ2v) is 4.74. The van der Waals surface area contributed by atoms with E-state index in [1.165, 1.54) is 0 Å². The van der Waals surface area contributed by atoms with Crippen molar-refractivity contribution < 1.29 is 24.2 Å². The van der Waals surface area contributed by atoms with Crippen molar-refractivity contribution in [1.82, 2.24) is 5.32 Å². The molecular formula is C12H19NO5. The molecule has 1 amide bonds. The lowest BCUT2D eigenvalue weighted by Crippen LogP contribution is -2.36. The number of ether oxygens (including phenoxy) is 2. The third-order valence-corrected chi connectivity index (χ3v) is 3.38. The summed E-state index contributed by atoms with van der Waals surface area (Å²) in [5.74, 6) is -1.21. The fourth-order valence-electron chi connectivity index (χ4n) is 2.35. The maximum Gasteiger partial charge on any atom is 0.332 e. The van der Waals surface area contributed by atoms with Crippen LogP contribution in [0.2, 0.25) is 0 Å². The van der Waals surface area contributed by atoms with Gasteiger partial charge in [-0.1, -0.05) is 0 Å². The average Bonchev–Trinajstić information content (AvgIpc) is 2.99. The zero-order chi connectivity index (χ0) is 13.0. The van der Waals surface area contributed by atoms with Gasteiger partial charge in [-0.15, -0.1) is 0 Å². The normalized spacial score (nSPS) is 31.4. The van der Waals surface area contributed by atoms with Gasteiger partial charge in [-0.25, -0.2) is 4.79 Å². The van der Waals surface area contributed by atoms with E-state index < -0.39 is 18.2 Å². The lowest BCUT2D eigenvalue weighted by molar-refractivity contribution is -0.151. The van der Waals surface area contributed by atoms with Crippen LogP contribution in [0.4, 0.5) is 0 Å². The van der Waals surface area contributed by atoms with E-state index in [1.54, 1.807) is 0 Å². The summed E-state index contributed by atoms with van der Waals surface area (Å²) in [5, 5.41) is 11.5. The molecule has 2 fully saturated rings. The third kappa shape index (κ3) is 3.43. The zero-order valence-corrected chi connectivity index (χ0v) is 10.3. The molecule has 0 spiro atoms. The molecule has 2 saturated heterocycles. The first-order valence-corrected chi connectivity index (χ1v) is 6.44. The van der Waals surface area contributed by atoms with E-state index in [0.717, 1.165) is 25.9 Å². The van der Waals surface area contributed by atoms with Crippen molar-refractivity contribution in [1.29, 1.82) is 0 Å². The van der Waals surface area contributed by atoms with Crippen LogP contribution in [0.3, 0.4) is 0 Å². The molecule has 2 N–H and O–H groups in total. The Bertz CT molecular complexity index is 314. The van der Waals surface area contributed by atoms with E-state index in [2.05, 4.69) is 5.32 Å². The van der Waals surface area contributed by atoms with Crippen molar-refractivity contribution in [2.75, 3.05) is 13.2 Å². The van der Waals surface area contributed by atoms with Gasteiger partial charge in [0, 0.05) is 13.2 Å². The molecule has 3 atom stereocenters. The highest BCUT2D eigenvalue weighted by Gasteiger charge is 2.34. The third-order valence-electron chi connectivity index (χ3n) is 3.38. The molecule has 0 radical (unpaired) electrons. The second-order valence-electron chi connectivity index (χ2n) is 4.74. The number of hydrogen-bond donors (Lipinski definition) is 2. The van der Waals surface area contributed by atoms with Crippen LogP contribution in [0, 0.1) is 0 Å². The largest absolute Gasteiger partial charge is 0.479 e. The zero-order valence-electron chi connectivity index (χ0n) is 10.3. The van der Waals surface area contributed by atoms with E-state index in [9.17, 15) is 9.59 Å². The van der Waals surface area contributed by atoms with Crippen molar-refractivity contribution in [3.8, 4) is 0 Å². The molecular weight excluding hydrogens is 238 g/mol. The quantitative estimate of drug-likeness (QED) is 0.740. The van der Waals surface area contributed by atoms with Gasteiger partial charge in [-0.05, 0) is 32.1 Å². The number of carbonyl (C=O) groups is 2. The van der Waals surface area contributed by atoms with Crippen LogP contribution in [0.25, 0.3) is 0 Å². The predicted molar refractivity (Wildman–Crippen MR) is 62.1 cm³/mol. The minimum absolute atomic E-state index is 0.211. The Hall–Kier alpha value is -1.14. The molecule has 6 heteroatoms. The van der Waals surface area contributed by atoms with Gasteiger partial charge in [0.2, 0.25) is 5.91 Å². The molecule has 102 valence electrons. The standard InChI is InChI=1S/C12H19NO5/c14-11(9-3-4-10(18-9)12(15)16)13-6-5-8-2-1-7-17-8/h8-10H,1-7H2,(H,13,14)(H,15,16)/t8?,9-,10+/m0/s1. The van der Waals surface area contributed by atoms with Crippen LogP contribution in [0.15, 0.2) is 0 Å². The first kappa shape index (κ1) is 13.3. The molecule has 2 heterocycles. The summed E-state index contributed by atoms with van der Waals surface area (Å²) in [6, 6.07) is 0. The fraction of sp³-hybridized carbons (Fsp3) is 0.833. The van der Waals surface area contributed by atoms with Gasteiger partial charge in [-0.3, -0.25) is 4.79 Å².